The van der Waals surface area contributed by atoms with Gasteiger partial charge >= 0.3 is 11.9 Å². The molecule has 194 valence electrons. The molecule has 4 fully saturated rings. The minimum absolute atomic E-state index is 0.0521. The maximum atomic E-state index is 11.7. The Morgan fingerprint density at radius 2 is 1.65 bits per heavy atom. The van der Waals surface area contributed by atoms with Gasteiger partial charge in [-0.1, -0.05) is 20.8 Å². The van der Waals surface area contributed by atoms with Gasteiger partial charge in [-0.3, -0.25) is 9.59 Å². The molecule has 7 heteroatoms. The third-order valence-corrected chi connectivity index (χ3v) is 9.79. The van der Waals surface area contributed by atoms with Gasteiger partial charge in [0.05, 0.1) is 24.9 Å². The monoisotopic (exact) mass is 480 g/mol. The summed E-state index contributed by atoms with van der Waals surface area (Å²) in [6.45, 7) is 15.1. The van der Waals surface area contributed by atoms with Crippen LogP contribution >= 0.6 is 0 Å². The summed E-state index contributed by atoms with van der Waals surface area (Å²) in [7, 11) is 0. The van der Waals surface area contributed by atoms with Crippen molar-refractivity contribution >= 4 is 11.9 Å². The highest BCUT2D eigenvalue weighted by atomic mass is 16.7. The Kier molecular flexibility index (Phi) is 6.65. The third kappa shape index (κ3) is 4.20. The molecule has 2 saturated heterocycles. The van der Waals surface area contributed by atoms with E-state index in [4.69, 9.17) is 23.7 Å². The lowest BCUT2D eigenvalue weighted by Gasteiger charge is -2.67. The van der Waals surface area contributed by atoms with Gasteiger partial charge in [0.2, 0.25) is 0 Å². The number of carbonyl (C=O) groups is 2. The summed E-state index contributed by atoms with van der Waals surface area (Å²) < 4.78 is 30.7. The van der Waals surface area contributed by atoms with Crippen LogP contribution in [0.1, 0.15) is 93.4 Å². The van der Waals surface area contributed by atoms with E-state index in [9.17, 15) is 9.59 Å². The standard InChI is InChI=1S/C27H44O7/c1-18-8-9-21-24(6)16-32-23(4,5)33-22(24)10-11-25(21,7)27(18)13-12-26(34-27,17-31-20(3)29)14-15-30-19(2)28/h18,21-22H,8-17H2,1-7H3. The summed E-state index contributed by atoms with van der Waals surface area (Å²) in [5, 5.41) is 0. The van der Waals surface area contributed by atoms with E-state index in [2.05, 4.69) is 20.8 Å². The average molecular weight is 481 g/mol. The molecule has 0 radical (unpaired) electrons. The first kappa shape index (κ1) is 25.9. The average Bonchev–Trinajstić information content (AvgIpc) is 3.13. The van der Waals surface area contributed by atoms with E-state index in [1.807, 2.05) is 13.8 Å². The molecule has 7 unspecified atom stereocenters. The lowest BCUT2D eigenvalue weighted by molar-refractivity contribution is -0.359. The number of esters is 2. The van der Waals surface area contributed by atoms with E-state index in [1.165, 1.54) is 13.8 Å². The van der Waals surface area contributed by atoms with Crippen LogP contribution in [0, 0.1) is 22.7 Å². The van der Waals surface area contributed by atoms with Crippen LogP contribution in [0.4, 0.5) is 0 Å². The van der Waals surface area contributed by atoms with Gasteiger partial charge in [-0.25, -0.2) is 0 Å². The molecule has 0 aromatic heterocycles. The predicted molar refractivity (Wildman–Crippen MR) is 126 cm³/mol. The SMILES string of the molecule is CC(=O)OCCC1(COC(C)=O)CCC2(O1)C(C)CCC1C3(C)COC(C)(C)OC3CCC12C. The van der Waals surface area contributed by atoms with Gasteiger partial charge in [0.15, 0.2) is 5.79 Å². The number of carbonyl (C=O) groups excluding carboxylic acids is 2. The topological polar surface area (TPSA) is 80.3 Å². The molecule has 0 N–H and O–H groups in total. The highest BCUT2D eigenvalue weighted by Gasteiger charge is 2.70. The number of fused-ring (bicyclic) bond motifs is 4. The van der Waals surface area contributed by atoms with E-state index in [0.29, 0.717) is 24.9 Å². The highest BCUT2D eigenvalue weighted by molar-refractivity contribution is 5.66. The Hall–Kier alpha value is -1.18. The number of rotatable bonds is 5. The van der Waals surface area contributed by atoms with Gasteiger partial charge in [-0.2, -0.15) is 0 Å². The van der Waals surface area contributed by atoms with Crippen molar-refractivity contribution in [1.29, 1.82) is 0 Å². The van der Waals surface area contributed by atoms with Gasteiger partial charge in [0, 0.05) is 31.1 Å². The van der Waals surface area contributed by atoms with Crippen molar-refractivity contribution in [2.45, 2.75) is 117 Å². The number of hydrogen-bond donors (Lipinski definition) is 0. The summed E-state index contributed by atoms with van der Waals surface area (Å²) >= 11 is 0. The molecule has 0 amide bonds. The molecule has 0 aromatic rings. The van der Waals surface area contributed by atoms with Crippen molar-refractivity contribution in [3.8, 4) is 0 Å². The van der Waals surface area contributed by atoms with Gasteiger partial charge in [0.25, 0.3) is 0 Å². The maximum absolute atomic E-state index is 11.7. The molecule has 2 aliphatic carbocycles. The second-order valence-electron chi connectivity index (χ2n) is 12.3. The van der Waals surface area contributed by atoms with Crippen molar-refractivity contribution in [2.24, 2.45) is 22.7 Å². The van der Waals surface area contributed by atoms with E-state index >= 15 is 0 Å². The highest BCUT2D eigenvalue weighted by Crippen LogP contribution is 2.69. The molecular weight excluding hydrogens is 436 g/mol. The van der Waals surface area contributed by atoms with Crippen molar-refractivity contribution < 1.29 is 33.3 Å². The Morgan fingerprint density at radius 1 is 0.941 bits per heavy atom. The van der Waals surface area contributed by atoms with Crippen LogP contribution in [-0.4, -0.2) is 54.9 Å². The fourth-order valence-corrected chi connectivity index (χ4v) is 7.96. The quantitative estimate of drug-likeness (QED) is 0.523. The molecule has 34 heavy (non-hydrogen) atoms. The Bertz CT molecular complexity index is 811. The summed E-state index contributed by atoms with van der Waals surface area (Å²) in [5.41, 5.74) is -1.09. The second kappa shape index (κ2) is 8.74. The molecule has 7 atom stereocenters. The lowest BCUT2D eigenvalue weighted by atomic mass is 9.43. The van der Waals surface area contributed by atoms with Gasteiger partial charge in [0.1, 0.15) is 12.2 Å². The summed E-state index contributed by atoms with van der Waals surface area (Å²) in [4.78, 5) is 23.1. The van der Waals surface area contributed by atoms with Crippen LogP contribution in [0.3, 0.4) is 0 Å². The first-order valence-electron chi connectivity index (χ1n) is 13.1. The van der Waals surface area contributed by atoms with Crippen LogP contribution < -0.4 is 0 Å². The summed E-state index contributed by atoms with van der Waals surface area (Å²) in [6.07, 6.45) is 6.63. The molecule has 4 rings (SSSR count). The van der Waals surface area contributed by atoms with E-state index in [-0.39, 0.29) is 47.7 Å². The molecule has 2 aliphatic heterocycles. The van der Waals surface area contributed by atoms with E-state index < -0.39 is 11.4 Å². The first-order valence-corrected chi connectivity index (χ1v) is 13.1. The Morgan fingerprint density at radius 3 is 2.32 bits per heavy atom. The molecule has 7 nitrogen and oxygen atoms in total. The van der Waals surface area contributed by atoms with Gasteiger partial charge < -0.3 is 23.7 Å². The lowest BCUT2D eigenvalue weighted by Crippen LogP contribution is -2.69. The zero-order chi connectivity index (χ0) is 25.0. The summed E-state index contributed by atoms with van der Waals surface area (Å²) in [5.74, 6) is -0.380. The van der Waals surface area contributed by atoms with Gasteiger partial charge in [-0.05, 0) is 64.2 Å². The van der Waals surface area contributed by atoms with Crippen molar-refractivity contribution in [3.05, 3.63) is 0 Å². The molecule has 2 heterocycles. The third-order valence-electron chi connectivity index (χ3n) is 9.79. The molecule has 4 aliphatic rings. The van der Waals surface area contributed by atoms with Crippen LogP contribution in [0.2, 0.25) is 0 Å². The first-order chi connectivity index (χ1) is 15.8. The van der Waals surface area contributed by atoms with Crippen molar-refractivity contribution in [3.63, 3.8) is 0 Å². The zero-order valence-electron chi connectivity index (χ0n) is 22.2. The fraction of sp³-hybridized carbons (Fsp3) is 0.926. The van der Waals surface area contributed by atoms with Gasteiger partial charge in [-0.15, -0.1) is 0 Å². The van der Waals surface area contributed by atoms with Crippen LogP contribution in [0.25, 0.3) is 0 Å². The molecule has 0 aromatic carbocycles. The fourth-order valence-electron chi connectivity index (χ4n) is 7.96. The minimum Gasteiger partial charge on any atom is -0.466 e. The Balaban J connectivity index is 1.64. The minimum atomic E-state index is -0.639. The van der Waals surface area contributed by atoms with Crippen molar-refractivity contribution in [2.75, 3.05) is 19.8 Å². The second-order valence-corrected chi connectivity index (χ2v) is 12.3. The molecule has 1 spiro atoms. The zero-order valence-corrected chi connectivity index (χ0v) is 22.2. The summed E-state index contributed by atoms with van der Waals surface area (Å²) in [6, 6.07) is 0. The van der Waals surface area contributed by atoms with Crippen molar-refractivity contribution in [1.82, 2.24) is 0 Å². The largest absolute Gasteiger partial charge is 0.466 e. The molecule has 2 saturated carbocycles. The number of ether oxygens (including phenoxy) is 5. The smallest absolute Gasteiger partial charge is 0.302 e. The number of hydrogen-bond acceptors (Lipinski definition) is 7. The molecular formula is C27H44O7. The van der Waals surface area contributed by atoms with E-state index in [1.54, 1.807) is 0 Å². The van der Waals surface area contributed by atoms with Crippen LogP contribution in [0.5, 0.6) is 0 Å². The predicted octanol–water partition coefficient (Wildman–Crippen LogP) is 4.79. The molecule has 0 bridgehead atoms. The van der Waals surface area contributed by atoms with Crippen LogP contribution in [0.15, 0.2) is 0 Å². The maximum Gasteiger partial charge on any atom is 0.302 e. The normalized spacial score (nSPS) is 45.3. The Labute approximate surface area is 204 Å². The van der Waals surface area contributed by atoms with Crippen LogP contribution in [-0.2, 0) is 33.3 Å². The van der Waals surface area contributed by atoms with E-state index in [0.717, 1.165) is 38.5 Å².